The molecule has 0 aliphatic rings. The summed E-state index contributed by atoms with van der Waals surface area (Å²) in [5.74, 6) is 0.818. The molecule has 5 heteroatoms. The van der Waals surface area contributed by atoms with Crippen LogP contribution in [0.15, 0.2) is 30.5 Å². The van der Waals surface area contributed by atoms with Crippen molar-refractivity contribution in [3.05, 3.63) is 36.2 Å². The summed E-state index contributed by atoms with van der Waals surface area (Å²) in [7, 11) is 0. The number of benzene rings is 1. The van der Waals surface area contributed by atoms with Gasteiger partial charge in [0.1, 0.15) is 5.75 Å². The van der Waals surface area contributed by atoms with Crippen LogP contribution >= 0.6 is 0 Å². The molecule has 5 nitrogen and oxygen atoms in total. The van der Waals surface area contributed by atoms with Crippen LogP contribution < -0.4 is 10.5 Å². The molecule has 2 aromatic rings. The lowest BCUT2D eigenvalue weighted by Crippen LogP contribution is -2.07. The highest BCUT2D eigenvalue weighted by atomic mass is 16.5. The lowest BCUT2D eigenvalue weighted by molar-refractivity contribution is 0.340. The SMILES string of the molecule is CCOc1cccc(-n2nncc2CN)c1. The zero-order valence-corrected chi connectivity index (χ0v) is 9.13. The Bertz CT molecular complexity index is 467. The predicted octanol–water partition coefficient (Wildman–Crippen LogP) is 1.12. The van der Waals surface area contributed by atoms with Gasteiger partial charge in [0.15, 0.2) is 0 Å². The predicted molar refractivity (Wildman–Crippen MR) is 60.4 cm³/mol. The third-order valence-corrected chi connectivity index (χ3v) is 2.20. The molecule has 0 amide bonds. The summed E-state index contributed by atoms with van der Waals surface area (Å²) >= 11 is 0. The highest BCUT2D eigenvalue weighted by Gasteiger charge is 2.05. The lowest BCUT2D eigenvalue weighted by Gasteiger charge is -2.07. The maximum absolute atomic E-state index is 5.60. The van der Waals surface area contributed by atoms with E-state index in [2.05, 4.69) is 10.3 Å². The standard InChI is InChI=1S/C11H14N4O/c1-2-16-11-5-3-4-9(6-11)15-10(7-12)8-13-14-15/h3-6,8H,2,7,12H2,1H3. The Balaban J connectivity index is 2.36. The number of rotatable bonds is 4. The van der Waals surface area contributed by atoms with Gasteiger partial charge in [-0.05, 0) is 19.1 Å². The molecule has 0 atom stereocenters. The van der Waals surface area contributed by atoms with E-state index in [4.69, 9.17) is 10.5 Å². The first-order valence-electron chi connectivity index (χ1n) is 5.18. The highest BCUT2D eigenvalue weighted by molar-refractivity contribution is 5.39. The summed E-state index contributed by atoms with van der Waals surface area (Å²) in [5.41, 5.74) is 7.37. The fourth-order valence-corrected chi connectivity index (χ4v) is 1.48. The lowest BCUT2D eigenvalue weighted by atomic mass is 10.3. The topological polar surface area (TPSA) is 66.0 Å². The van der Waals surface area contributed by atoms with Crippen molar-refractivity contribution >= 4 is 0 Å². The number of nitrogens with zero attached hydrogens (tertiary/aromatic N) is 3. The van der Waals surface area contributed by atoms with E-state index in [1.54, 1.807) is 10.9 Å². The van der Waals surface area contributed by atoms with Crippen molar-refractivity contribution in [1.29, 1.82) is 0 Å². The Morgan fingerprint density at radius 2 is 2.31 bits per heavy atom. The smallest absolute Gasteiger partial charge is 0.121 e. The van der Waals surface area contributed by atoms with Gasteiger partial charge in [-0.25, -0.2) is 4.68 Å². The molecule has 0 saturated carbocycles. The Kier molecular flexibility index (Phi) is 3.16. The fourth-order valence-electron chi connectivity index (χ4n) is 1.48. The van der Waals surface area contributed by atoms with Gasteiger partial charge in [0, 0.05) is 12.6 Å². The average Bonchev–Trinajstić information content (AvgIpc) is 2.78. The van der Waals surface area contributed by atoms with Crippen LogP contribution in [0, 0.1) is 0 Å². The summed E-state index contributed by atoms with van der Waals surface area (Å²) in [6.07, 6.45) is 1.66. The van der Waals surface area contributed by atoms with Gasteiger partial charge in [-0.1, -0.05) is 11.3 Å². The zero-order chi connectivity index (χ0) is 11.4. The van der Waals surface area contributed by atoms with Gasteiger partial charge < -0.3 is 10.5 Å². The van der Waals surface area contributed by atoms with E-state index in [-0.39, 0.29) is 0 Å². The van der Waals surface area contributed by atoms with Crippen LogP contribution in [0.3, 0.4) is 0 Å². The van der Waals surface area contributed by atoms with Crippen molar-refractivity contribution in [3.63, 3.8) is 0 Å². The van der Waals surface area contributed by atoms with E-state index >= 15 is 0 Å². The number of ether oxygens (including phenoxy) is 1. The molecule has 0 fully saturated rings. The molecular weight excluding hydrogens is 204 g/mol. The molecule has 0 saturated heterocycles. The van der Waals surface area contributed by atoms with Gasteiger partial charge in [0.2, 0.25) is 0 Å². The maximum atomic E-state index is 5.60. The van der Waals surface area contributed by atoms with Crippen molar-refractivity contribution in [3.8, 4) is 11.4 Å². The highest BCUT2D eigenvalue weighted by Crippen LogP contribution is 2.17. The van der Waals surface area contributed by atoms with Gasteiger partial charge in [-0.15, -0.1) is 5.10 Å². The Morgan fingerprint density at radius 3 is 3.06 bits per heavy atom. The summed E-state index contributed by atoms with van der Waals surface area (Å²) in [5, 5.41) is 7.83. The molecule has 0 aliphatic heterocycles. The van der Waals surface area contributed by atoms with Crippen LogP contribution in [-0.2, 0) is 6.54 Å². The number of aromatic nitrogens is 3. The van der Waals surface area contributed by atoms with Gasteiger partial charge in [0.05, 0.1) is 24.2 Å². The third kappa shape index (κ3) is 2.04. The van der Waals surface area contributed by atoms with E-state index in [0.717, 1.165) is 17.1 Å². The quantitative estimate of drug-likeness (QED) is 0.835. The molecule has 0 unspecified atom stereocenters. The minimum Gasteiger partial charge on any atom is -0.494 e. The number of hydrogen-bond acceptors (Lipinski definition) is 4. The minimum atomic E-state index is 0.409. The minimum absolute atomic E-state index is 0.409. The first kappa shape index (κ1) is 10.6. The van der Waals surface area contributed by atoms with E-state index in [9.17, 15) is 0 Å². The Labute approximate surface area is 93.8 Å². The van der Waals surface area contributed by atoms with Gasteiger partial charge in [-0.3, -0.25) is 0 Å². The molecule has 1 aromatic carbocycles. The van der Waals surface area contributed by atoms with Crippen LogP contribution in [0.5, 0.6) is 5.75 Å². The summed E-state index contributed by atoms with van der Waals surface area (Å²) in [4.78, 5) is 0. The van der Waals surface area contributed by atoms with Crippen molar-refractivity contribution in [1.82, 2.24) is 15.0 Å². The summed E-state index contributed by atoms with van der Waals surface area (Å²) < 4.78 is 7.14. The van der Waals surface area contributed by atoms with E-state index in [1.165, 1.54) is 0 Å². The molecule has 1 heterocycles. The molecule has 0 radical (unpaired) electrons. The Hall–Kier alpha value is -1.88. The van der Waals surface area contributed by atoms with Crippen LogP contribution in [0.25, 0.3) is 5.69 Å². The van der Waals surface area contributed by atoms with Crippen LogP contribution in [-0.4, -0.2) is 21.6 Å². The largest absolute Gasteiger partial charge is 0.494 e. The van der Waals surface area contributed by atoms with Crippen molar-refractivity contribution < 1.29 is 4.74 Å². The third-order valence-electron chi connectivity index (χ3n) is 2.20. The fraction of sp³-hybridized carbons (Fsp3) is 0.273. The second-order valence-electron chi connectivity index (χ2n) is 3.27. The van der Waals surface area contributed by atoms with E-state index in [0.29, 0.717) is 13.2 Å². The first-order chi connectivity index (χ1) is 7.85. The average molecular weight is 218 g/mol. The van der Waals surface area contributed by atoms with Gasteiger partial charge >= 0.3 is 0 Å². The molecule has 2 N–H and O–H groups in total. The van der Waals surface area contributed by atoms with Crippen LogP contribution in [0.4, 0.5) is 0 Å². The zero-order valence-electron chi connectivity index (χ0n) is 9.13. The summed E-state index contributed by atoms with van der Waals surface area (Å²) in [6, 6.07) is 7.68. The Morgan fingerprint density at radius 1 is 1.44 bits per heavy atom. The molecule has 2 rings (SSSR count). The number of nitrogens with two attached hydrogens (primary N) is 1. The van der Waals surface area contributed by atoms with Crippen molar-refractivity contribution in [2.24, 2.45) is 5.73 Å². The van der Waals surface area contributed by atoms with Crippen molar-refractivity contribution in [2.45, 2.75) is 13.5 Å². The molecule has 0 bridgehead atoms. The molecule has 0 spiro atoms. The molecule has 0 aliphatic carbocycles. The second-order valence-corrected chi connectivity index (χ2v) is 3.27. The first-order valence-corrected chi connectivity index (χ1v) is 5.18. The molecule has 84 valence electrons. The van der Waals surface area contributed by atoms with Crippen LogP contribution in [0.1, 0.15) is 12.6 Å². The van der Waals surface area contributed by atoms with Gasteiger partial charge in [0.25, 0.3) is 0 Å². The number of hydrogen-bond donors (Lipinski definition) is 1. The molecule has 1 aromatic heterocycles. The van der Waals surface area contributed by atoms with E-state index in [1.807, 2.05) is 31.2 Å². The molecule has 16 heavy (non-hydrogen) atoms. The second kappa shape index (κ2) is 4.76. The normalized spacial score (nSPS) is 10.4. The van der Waals surface area contributed by atoms with Crippen LogP contribution in [0.2, 0.25) is 0 Å². The molecular formula is C11H14N4O. The van der Waals surface area contributed by atoms with E-state index < -0.39 is 0 Å². The van der Waals surface area contributed by atoms with Gasteiger partial charge in [-0.2, -0.15) is 0 Å². The maximum Gasteiger partial charge on any atom is 0.121 e. The monoisotopic (exact) mass is 218 g/mol. The summed E-state index contributed by atoms with van der Waals surface area (Å²) in [6.45, 7) is 3.00. The van der Waals surface area contributed by atoms with Crippen molar-refractivity contribution in [2.75, 3.05) is 6.61 Å².